The summed E-state index contributed by atoms with van der Waals surface area (Å²) in [5.74, 6) is 0.787. The maximum Gasteiger partial charge on any atom is 0.119 e. The molecule has 1 N–H and O–H groups in total. The second-order valence-electron chi connectivity index (χ2n) is 4.58. The molecular weight excluding hydrogens is 250 g/mol. The first-order valence-corrected chi connectivity index (χ1v) is 6.52. The third kappa shape index (κ3) is 2.63. The van der Waals surface area contributed by atoms with Gasteiger partial charge >= 0.3 is 0 Å². The third-order valence-corrected chi connectivity index (χ3v) is 3.22. The number of rotatable bonds is 4. The van der Waals surface area contributed by atoms with Crippen LogP contribution in [-0.4, -0.2) is 10.1 Å². The van der Waals surface area contributed by atoms with E-state index in [4.69, 9.17) is 9.84 Å². The van der Waals surface area contributed by atoms with Gasteiger partial charge < -0.3 is 9.84 Å². The number of ether oxygens (including phenoxy) is 1. The number of fused-ring (bicyclic) bond motifs is 1. The topological polar surface area (TPSA) is 42.4 Å². The van der Waals surface area contributed by atoms with Crippen LogP contribution in [0.25, 0.3) is 10.9 Å². The summed E-state index contributed by atoms with van der Waals surface area (Å²) < 4.78 is 5.78. The van der Waals surface area contributed by atoms with Crippen molar-refractivity contribution in [3.8, 4) is 5.75 Å². The summed E-state index contributed by atoms with van der Waals surface area (Å²) in [7, 11) is 0. The number of aliphatic hydroxyl groups excluding tert-OH is 1. The minimum atomic E-state index is 0.0491. The van der Waals surface area contributed by atoms with E-state index in [0.717, 1.165) is 27.8 Å². The van der Waals surface area contributed by atoms with Crippen molar-refractivity contribution in [2.45, 2.75) is 13.2 Å². The Morgan fingerprint density at radius 1 is 0.950 bits per heavy atom. The molecule has 2 aromatic carbocycles. The molecule has 0 fully saturated rings. The highest BCUT2D eigenvalue weighted by molar-refractivity contribution is 5.81. The van der Waals surface area contributed by atoms with E-state index in [1.54, 1.807) is 6.20 Å². The number of hydrogen-bond acceptors (Lipinski definition) is 3. The Morgan fingerprint density at radius 2 is 1.75 bits per heavy atom. The van der Waals surface area contributed by atoms with Gasteiger partial charge in [-0.05, 0) is 23.8 Å². The van der Waals surface area contributed by atoms with Gasteiger partial charge in [-0.25, -0.2) is 0 Å². The SMILES string of the molecule is OCc1ccc(OCc2cccc3cccnc23)cc1. The summed E-state index contributed by atoms with van der Waals surface area (Å²) in [5, 5.41) is 10.1. The summed E-state index contributed by atoms with van der Waals surface area (Å²) in [6, 6.07) is 17.5. The molecule has 1 aromatic heterocycles. The van der Waals surface area contributed by atoms with Crippen LogP contribution in [0.15, 0.2) is 60.8 Å². The average Bonchev–Trinajstić information content (AvgIpc) is 2.53. The van der Waals surface area contributed by atoms with Crippen molar-refractivity contribution >= 4 is 10.9 Å². The molecule has 0 atom stereocenters. The molecule has 1 heterocycles. The van der Waals surface area contributed by atoms with Crippen LogP contribution in [0.3, 0.4) is 0 Å². The zero-order valence-electron chi connectivity index (χ0n) is 11.0. The molecule has 3 aromatic rings. The zero-order valence-corrected chi connectivity index (χ0v) is 11.0. The molecule has 20 heavy (non-hydrogen) atoms. The smallest absolute Gasteiger partial charge is 0.119 e. The minimum Gasteiger partial charge on any atom is -0.489 e. The molecule has 0 aliphatic carbocycles. The highest BCUT2D eigenvalue weighted by atomic mass is 16.5. The Kier molecular flexibility index (Phi) is 3.61. The van der Waals surface area contributed by atoms with Gasteiger partial charge in [0.15, 0.2) is 0 Å². The van der Waals surface area contributed by atoms with Gasteiger partial charge in [0.2, 0.25) is 0 Å². The van der Waals surface area contributed by atoms with Gasteiger partial charge in [-0.1, -0.05) is 36.4 Å². The van der Waals surface area contributed by atoms with Crippen molar-refractivity contribution in [3.05, 3.63) is 71.9 Å². The standard InChI is InChI=1S/C17H15NO2/c19-11-13-6-8-16(9-7-13)20-12-15-4-1-3-14-5-2-10-18-17(14)15/h1-10,19H,11-12H2. The van der Waals surface area contributed by atoms with Crippen molar-refractivity contribution in [1.82, 2.24) is 4.98 Å². The second-order valence-corrected chi connectivity index (χ2v) is 4.58. The van der Waals surface area contributed by atoms with Crippen molar-refractivity contribution in [1.29, 1.82) is 0 Å². The largest absolute Gasteiger partial charge is 0.489 e. The fourth-order valence-corrected chi connectivity index (χ4v) is 2.14. The summed E-state index contributed by atoms with van der Waals surface area (Å²) >= 11 is 0. The number of aromatic nitrogens is 1. The first-order valence-electron chi connectivity index (χ1n) is 6.52. The van der Waals surface area contributed by atoms with E-state index in [2.05, 4.69) is 4.98 Å². The van der Waals surface area contributed by atoms with Crippen molar-refractivity contribution < 1.29 is 9.84 Å². The van der Waals surface area contributed by atoms with Crippen LogP contribution >= 0.6 is 0 Å². The van der Waals surface area contributed by atoms with Crippen LogP contribution in [0.2, 0.25) is 0 Å². The molecule has 0 bridgehead atoms. The lowest BCUT2D eigenvalue weighted by Gasteiger charge is -2.08. The van der Waals surface area contributed by atoms with Gasteiger partial charge in [-0.15, -0.1) is 0 Å². The quantitative estimate of drug-likeness (QED) is 0.787. The van der Waals surface area contributed by atoms with Gasteiger partial charge in [-0.2, -0.15) is 0 Å². The second kappa shape index (κ2) is 5.72. The monoisotopic (exact) mass is 265 g/mol. The van der Waals surface area contributed by atoms with E-state index >= 15 is 0 Å². The predicted molar refractivity (Wildman–Crippen MR) is 78.4 cm³/mol. The number of para-hydroxylation sites is 1. The van der Waals surface area contributed by atoms with Crippen LogP contribution in [0.4, 0.5) is 0 Å². The van der Waals surface area contributed by atoms with Gasteiger partial charge in [0, 0.05) is 17.1 Å². The number of benzene rings is 2. The molecule has 100 valence electrons. The van der Waals surface area contributed by atoms with E-state index < -0.39 is 0 Å². The molecule has 0 unspecified atom stereocenters. The summed E-state index contributed by atoms with van der Waals surface area (Å²) in [6.45, 7) is 0.528. The van der Waals surface area contributed by atoms with E-state index in [1.165, 1.54) is 0 Å². The Bertz CT molecular complexity index is 702. The maximum absolute atomic E-state index is 9.01. The molecule has 0 amide bonds. The summed E-state index contributed by atoms with van der Waals surface area (Å²) in [4.78, 5) is 4.41. The van der Waals surface area contributed by atoms with Crippen LogP contribution in [0.5, 0.6) is 5.75 Å². The highest BCUT2D eigenvalue weighted by Gasteiger charge is 2.02. The molecule has 0 radical (unpaired) electrons. The fraction of sp³-hybridized carbons (Fsp3) is 0.118. The lowest BCUT2D eigenvalue weighted by molar-refractivity contribution is 0.281. The maximum atomic E-state index is 9.01. The van der Waals surface area contributed by atoms with Gasteiger partial charge in [0.1, 0.15) is 12.4 Å². The molecule has 3 nitrogen and oxygen atoms in total. The Morgan fingerprint density at radius 3 is 2.55 bits per heavy atom. The Hall–Kier alpha value is -2.39. The van der Waals surface area contributed by atoms with Crippen molar-refractivity contribution in [3.63, 3.8) is 0 Å². The molecule has 0 saturated carbocycles. The number of nitrogens with zero attached hydrogens (tertiary/aromatic N) is 1. The lowest BCUT2D eigenvalue weighted by atomic mass is 10.1. The molecule has 0 aliphatic heterocycles. The van der Waals surface area contributed by atoms with Crippen LogP contribution < -0.4 is 4.74 Å². The average molecular weight is 265 g/mol. The highest BCUT2D eigenvalue weighted by Crippen LogP contribution is 2.19. The van der Waals surface area contributed by atoms with Gasteiger partial charge in [0.05, 0.1) is 12.1 Å². The minimum absolute atomic E-state index is 0.0491. The molecule has 3 rings (SSSR count). The van der Waals surface area contributed by atoms with E-state index in [0.29, 0.717) is 6.61 Å². The Balaban J connectivity index is 1.79. The van der Waals surface area contributed by atoms with E-state index in [9.17, 15) is 0 Å². The molecule has 0 spiro atoms. The third-order valence-electron chi connectivity index (χ3n) is 3.22. The first-order chi connectivity index (χ1) is 9.86. The van der Waals surface area contributed by atoms with Gasteiger partial charge in [-0.3, -0.25) is 4.98 Å². The van der Waals surface area contributed by atoms with Crippen LogP contribution in [-0.2, 0) is 13.2 Å². The number of hydrogen-bond donors (Lipinski definition) is 1. The van der Waals surface area contributed by atoms with Crippen molar-refractivity contribution in [2.24, 2.45) is 0 Å². The molecule has 0 saturated heterocycles. The number of aliphatic hydroxyl groups is 1. The summed E-state index contributed by atoms with van der Waals surface area (Å²) in [5.41, 5.74) is 2.92. The van der Waals surface area contributed by atoms with Crippen LogP contribution in [0.1, 0.15) is 11.1 Å². The zero-order chi connectivity index (χ0) is 13.8. The van der Waals surface area contributed by atoms with Gasteiger partial charge in [0.25, 0.3) is 0 Å². The Labute approximate surface area is 117 Å². The molecular formula is C17H15NO2. The normalized spacial score (nSPS) is 10.7. The summed E-state index contributed by atoms with van der Waals surface area (Å²) in [6.07, 6.45) is 1.79. The van der Waals surface area contributed by atoms with Crippen molar-refractivity contribution in [2.75, 3.05) is 0 Å². The first kappa shape index (κ1) is 12.6. The molecule has 0 aliphatic rings. The van der Waals surface area contributed by atoms with E-state index in [-0.39, 0.29) is 6.61 Å². The number of pyridine rings is 1. The lowest BCUT2D eigenvalue weighted by Crippen LogP contribution is -1.97. The molecule has 3 heteroatoms. The van der Waals surface area contributed by atoms with E-state index in [1.807, 2.05) is 54.6 Å². The predicted octanol–water partition coefficient (Wildman–Crippen LogP) is 3.31. The van der Waals surface area contributed by atoms with Crippen LogP contribution in [0, 0.1) is 0 Å². The fourth-order valence-electron chi connectivity index (χ4n) is 2.14.